The van der Waals surface area contributed by atoms with Crippen LogP contribution in [-0.2, 0) is 19.0 Å². The van der Waals surface area contributed by atoms with Crippen LogP contribution in [0.1, 0.15) is 33.1 Å². The molecule has 0 bridgehead atoms. The Hall–Kier alpha value is -0.610. The van der Waals surface area contributed by atoms with E-state index in [1.54, 1.807) is 6.92 Å². The average Bonchev–Trinajstić information content (AvgIpc) is 2.85. The molecule has 0 aromatic heterocycles. The van der Waals surface area contributed by atoms with Gasteiger partial charge in [-0.3, -0.25) is 0 Å². The molecule has 3 unspecified atom stereocenters. The zero-order valence-corrected chi connectivity index (χ0v) is 9.54. The van der Waals surface area contributed by atoms with Crippen molar-refractivity contribution in [3.63, 3.8) is 0 Å². The number of methoxy groups -OCH3 is 1. The smallest absolute Gasteiger partial charge is 0.341 e. The Balaban J connectivity index is 2.07. The van der Waals surface area contributed by atoms with Crippen LogP contribution >= 0.6 is 0 Å². The quantitative estimate of drug-likeness (QED) is 0.513. The third-order valence-electron chi connectivity index (χ3n) is 3.69. The lowest BCUT2D eigenvalue weighted by molar-refractivity contribution is -0.146. The highest BCUT2D eigenvalue weighted by molar-refractivity contribution is 5.84. The van der Waals surface area contributed by atoms with Crippen LogP contribution in [0.15, 0.2) is 0 Å². The highest BCUT2D eigenvalue weighted by Crippen LogP contribution is 2.53. The fourth-order valence-electron chi connectivity index (χ4n) is 2.39. The van der Waals surface area contributed by atoms with Gasteiger partial charge in [0.1, 0.15) is 5.60 Å². The standard InChI is InChI=1S/C11H18O4/c1-10(8-6-4-5-7-14-8)11(2,15-10)9(12)13-3/h8H,4-7H2,1-3H3. The van der Waals surface area contributed by atoms with E-state index in [2.05, 4.69) is 0 Å². The molecule has 0 amide bonds. The summed E-state index contributed by atoms with van der Waals surface area (Å²) in [6.07, 6.45) is 3.22. The lowest BCUT2D eigenvalue weighted by Crippen LogP contribution is -2.41. The van der Waals surface area contributed by atoms with E-state index in [9.17, 15) is 4.79 Å². The van der Waals surface area contributed by atoms with Crippen LogP contribution < -0.4 is 0 Å². The first-order valence-electron chi connectivity index (χ1n) is 5.45. The van der Waals surface area contributed by atoms with E-state index in [1.165, 1.54) is 7.11 Å². The molecule has 0 spiro atoms. The molecule has 2 rings (SSSR count). The average molecular weight is 214 g/mol. The van der Waals surface area contributed by atoms with E-state index >= 15 is 0 Å². The van der Waals surface area contributed by atoms with E-state index in [4.69, 9.17) is 14.2 Å². The van der Waals surface area contributed by atoms with Crippen molar-refractivity contribution in [2.45, 2.75) is 50.4 Å². The summed E-state index contributed by atoms with van der Waals surface area (Å²) in [5.74, 6) is -0.306. The van der Waals surface area contributed by atoms with Gasteiger partial charge in [0.2, 0.25) is 0 Å². The summed E-state index contributed by atoms with van der Waals surface area (Å²) in [5.41, 5.74) is -1.32. The van der Waals surface area contributed by atoms with E-state index in [0.29, 0.717) is 0 Å². The molecule has 86 valence electrons. The number of ether oxygens (including phenoxy) is 3. The number of rotatable bonds is 2. The molecule has 2 fully saturated rings. The molecule has 2 aliphatic heterocycles. The highest BCUT2D eigenvalue weighted by Gasteiger charge is 2.73. The van der Waals surface area contributed by atoms with Crippen molar-refractivity contribution in [3.05, 3.63) is 0 Å². The molecule has 0 saturated carbocycles. The van der Waals surface area contributed by atoms with Crippen LogP contribution in [0.3, 0.4) is 0 Å². The van der Waals surface area contributed by atoms with Crippen molar-refractivity contribution in [2.24, 2.45) is 0 Å². The van der Waals surface area contributed by atoms with Gasteiger partial charge in [-0.25, -0.2) is 4.79 Å². The van der Waals surface area contributed by atoms with Gasteiger partial charge in [-0.1, -0.05) is 0 Å². The van der Waals surface area contributed by atoms with Gasteiger partial charge in [0.05, 0.1) is 13.2 Å². The van der Waals surface area contributed by atoms with Gasteiger partial charge in [0, 0.05) is 6.61 Å². The molecule has 2 heterocycles. The second-order valence-electron chi connectivity index (χ2n) is 4.59. The molecular weight excluding hydrogens is 196 g/mol. The number of carbonyl (C=O) groups is 1. The van der Waals surface area contributed by atoms with Gasteiger partial charge in [-0.15, -0.1) is 0 Å². The Morgan fingerprint density at radius 3 is 2.67 bits per heavy atom. The van der Waals surface area contributed by atoms with Crippen molar-refractivity contribution in [1.82, 2.24) is 0 Å². The molecule has 0 aromatic carbocycles. The number of epoxide rings is 1. The number of carbonyl (C=O) groups excluding carboxylic acids is 1. The Morgan fingerprint density at radius 2 is 2.13 bits per heavy atom. The zero-order valence-electron chi connectivity index (χ0n) is 9.54. The molecule has 4 nitrogen and oxygen atoms in total. The molecule has 3 atom stereocenters. The van der Waals surface area contributed by atoms with Crippen LogP contribution in [0.2, 0.25) is 0 Å². The molecule has 15 heavy (non-hydrogen) atoms. The first-order valence-corrected chi connectivity index (χ1v) is 5.45. The predicted octanol–water partition coefficient (Wildman–Crippen LogP) is 1.28. The van der Waals surface area contributed by atoms with Crippen LogP contribution in [0.25, 0.3) is 0 Å². The molecule has 0 aromatic rings. The summed E-state index contributed by atoms with van der Waals surface area (Å²) in [5, 5.41) is 0. The van der Waals surface area contributed by atoms with Crippen LogP contribution in [-0.4, -0.2) is 37.0 Å². The normalized spacial score (nSPS) is 44.9. The maximum Gasteiger partial charge on any atom is 0.341 e. The second kappa shape index (κ2) is 3.46. The molecule has 2 aliphatic rings. The third-order valence-corrected chi connectivity index (χ3v) is 3.69. The highest BCUT2D eigenvalue weighted by atomic mass is 16.7. The number of hydrogen-bond donors (Lipinski definition) is 0. The minimum absolute atomic E-state index is 0.0235. The second-order valence-corrected chi connectivity index (χ2v) is 4.59. The molecular formula is C11H18O4. The summed E-state index contributed by atoms with van der Waals surface area (Å²) >= 11 is 0. The first-order chi connectivity index (χ1) is 7.04. The van der Waals surface area contributed by atoms with Gasteiger partial charge >= 0.3 is 5.97 Å². The van der Waals surface area contributed by atoms with E-state index < -0.39 is 11.2 Å². The lowest BCUT2D eigenvalue weighted by atomic mass is 9.87. The summed E-state index contributed by atoms with van der Waals surface area (Å²) in [7, 11) is 1.39. The summed E-state index contributed by atoms with van der Waals surface area (Å²) in [4.78, 5) is 11.6. The third kappa shape index (κ3) is 1.47. The number of hydrogen-bond acceptors (Lipinski definition) is 4. The predicted molar refractivity (Wildman–Crippen MR) is 53.5 cm³/mol. The van der Waals surface area contributed by atoms with Crippen molar-refractivity contribution in [3.8, 4) is 0 Å². The first kappa shape index (κ1) is 10.9. The van der Waals surface area contributed by atoms with E-state index in [0.717, 1.165) is 25.9 Å². The fraction of sp³-hybridized carbons (Fsp3) is 0.909. The van der Waals surface area contributed by atoms with Crippen molar-refractivity contribution >= 4 is 5.97 Å². The number of esters is 1. The Morgan fingerprint density at radius 1 is 1.40 bits per heavy atom. The molecule has 0 aliphatic carbocycles. The van der Waals surface area contributed by atoms with Crippen molar-refractivity contribution in [1.29, 1.82) is 0 Å². The molecule has 0 N–H and O–H groups in total. The summed E-state index contributed by atoms with van der Waals surface area (Å²) in [6.45, 7) is 4.47. The SMILES string of the molecule is COC(=O)C1(C)OC1(C)C1CCCCO1. The van der Waals surface area contributed by atoms with Crippen molar-refractivity contribution in [2.75, 3.05) is 13.7 Å². The maximum atomic E-state index is 11.6. The molecule has 0 radical (unpaired) electrons. The zero-order chi connectivity index (χ0) is 11.1. The summed E-state index contributed by atoms with van der Waals surface area (Å²) in [6, 6.07) is 0. The summed E-state index contributed by atoms with van der Waals surface area (Å²) < 4.78 is 16.0. The van der Waals surface area contributed by atoms with Crippen LogP contribution in [0.5, 0.6) is 0 Å². The van der Waals surface area contributed by atoms with Gasteiger partial charge in [0.15, 0.2) is 5.60 Å². The Bertz CT molecular complexity index is 272. The monoisotopic (exact) mass is 214 g/mol. The topological polar surface area (TPSA) is 48.1 Å². The minimum atomic E-state index is -0.816. The van der Waals surface area contributed by atoms with Gasteiger partial charge in [-0.2, -0.15) is 0 Å². The molecule has 2 saturated heterocycles. The maximum absolute atomic E-state index is 11.6. The Labute approximate surface area is 89.9 Å². The van der Waals surface area contributed by atoms with Gasteiger partial charge in [-0.05, 0) is 33.1 Å². The largest absolute Gasteiger partial charge is 0.467 e. The van der Waals surface area contributed by atoms with Gasteiger partial charge in [0.25, 0.3) is 0 Å². The van der Waals surface area contributed by atoms with Gasteiger partial charge < -0.3 is 14.2 Å². The Kier molecular flexibility index (Phi) is 2.51. The van der Waals surface area contributed by atoms with E-state index in [-0.39, 0.29) is 12.1 Å². The van der Waals surface area contributed by atoms with Crippen LogP contribution in [0, 0.1) is 0 Å². The van der Waals surface area contributed by atoms with Crippen molar-refractivity contribution < 1.29 is 19.0 Å². The van der Waals surface area contributed by atoms with E-state index in [1.807, 2.05) is 6.92 Å². The van der Waals surface area contributed by atoms with Crippen LogP contribution in [0.4, 0.5) is 0 Å². The lowest BCUT2D eigenvalue weighted by Gasteiger charge is -2.27. The fourth-order valence-corrected chi connectivity index (χ4v) is 2.39. The minimum Gasteiger partial charge on any atom is -0.467 e. The molecule has 4 heteroatoms.